The second kappa shape index (κ2) is 21.9. The molecule has 2 aliphatic rings. The summed E-state index contributed by atoms with van der Waals surface area (Å²) in [5.41, 5.74) is 13.0. The fraction of sp³-hybridized carbons (Fsp3) is 0.217. The molecule has 0 unspecified atom stereocenters. The molecule has 0 saturated carbocycles. The van der Waals surface area contributed by atoms with Crippen LogP contribution in [-0.4, -0.2) is 109 Å². The van der Waals surface area contributed by atoms with Crippen LogP contribution >= 0.6 is 10.7 Å². The summed E-state index contributed by atoms with van der Waals surface area (Å²) in [5.74, 6) is 1.20. The molecular formula is C46H45ClN12O10S2. The molecule has 0 radical (unpaired) electrons. The molecule has 4 aromatic heterocycles. The number of fused-ring (bicyclic) bond motifs is 2. The van der Waals surface area contributed by atoms with Crippen LogP contribution in [0, 0.1) is 20.2 Å². The number of non-ortho nitro benzene ring substituents is 2. The minimum absolute atomic E-state index is 0.0827. The lowest BCUT2D eigenvalue weighted by Gasteiger charge is -2.27. The number of nitro benzene ring substituents is 2. The predicted octanol–water partition coefficient (Wildman–Crippen LogP) is 7.02. The van der Waals surface area contributed by atoms with Crippen molar-refractivity contribution in [2.75, 3.05) is 72.9 Å². The van der Waals surface area contributed by atoms with Crippen LogP contribution in [0.25, 0.3) is 44.6 Å². The van der Waals surface area contributed by atoms with E-state index >= 15 is 0 Å². The maximum Gasteiger partial charge on any atom is 0.269 e. The number of nitrogen functional groups attached to an aromatic ring is 1. The highest BCUT2D eigenvalue weighted by molar-refractivity contribution is 8.13. The zero-order valence-electron chi connectivity index (χ0n) is 37.6. The van der Waals surface area contributed by atoms with E-state index in [1.54, 1.807) is 18.5 Å². The number of hydrogen-bond acceptors (Lipinski definition) is 17. The summed E-state index contributed by atoms with van der Waals surface area (Å²) in [7, 11) is -2.30. The van der Waals surface area contributed by atoms with Gasteiger partial charge in [0.1, 0.15) is 35.6 Å². The number of nitrogens with two attached hydrogens (primary N) is 1. The number of aromatic amines is 2. The van der Waals surface area contributed by atoms with Crippen molar-refractivity contribution < 1.29 is 36.2 Å². The van der Waals surface area contributed by atoms with Crippen molar-refractivity contribution in [1.29, 1.82) is 0 Å². The van der Waals surface area contributed by atoms with Crippen molar-refractivity contribution in [2.45, 2.75) is 11.5 Å². The molecule has 2 aliphatic heterocycles. The molecule has 0 aliphatic carbocycles. The van der Waals surface area contributed by atoms with Crippen LogP contribution in [0.2, 0.25) is 0 Å². The van der Waals surface area contributed by atoms with Gasteiger partial charge in [-0.2, -0.15) is 0 Å². The van der Waals surface area contributed by atoms with Gasteiger partial charge in [-0.1, -0.05) is 48.5 Å². The normalized spacial score (nSPS) is 14.0. The van der Waals surface area contributed by atoms with Gasteiger partial charge in [-0.3, -0.25) is 25.0 Å². The largest absolute Gasteiger partial charge is 0.399 e. The van der Waals surface area contributed by atoms with Crippen molar-refractivity contribution in [3.8, 4) is 22.5 Å². The maximum atomic E-state index is 12.6. The number of nitro groups is 2. The molecule has 368 valence electrons. The Morgan fingerprint density at radius 2 is 1.01 bits per heavy atom. The van der Waals surface area contributed by atoms with Crippen molar-refractivity contribution in [3.05, 3.63) is 153 Å². The predicted molar refractivity (Wildman–Crippen MR) is 270 cm³/mol. The number of anilines is 4. The Morgan fingerprint density at radius 3 is 1.42 bits per heavy atom. The standard InChI is InChI=1S/C23H22N6O5S.C16H17N5O.C7H6ClNO4S/c30-29(31)19-7-1-16(2-8-19)14-35(32,33)27-18-5-3-17(4-6-18)21-13-20-22(26-21)24-15-25-23(20)28-9-11-34-12-10-28;17-12-3-1-11(2-4-12)14-9-13-15(20-14)18-10-19-16(13)21-5-7-22-8-6-21;8-14(12,13)5-6-1-3-7(4-2-6)9(10)11/h1-8,13,15,27H,9-12,14H2,(H,24,25,26);1-4,9-10H,5-8,17H2,(H,18,19,20);1-4H,5H2. The summed E-state index contributed by atoms with van der Waals surface area (Å²) >= 11 is 0. The van der Waals surface area contributed by atoms with Crippen LogP contribution < -0.4 is 20.3 Å². The van der Waals surface area contributed by atoms with Crippen LogP contribution in [0.15, 0.2) is 122 Å². The number of hydrogen-bond donors (Lipinski definition) is 4. The van der Waals surface area contributed by atoms with E-state index in [4.69, 9.17) is 25.9 Å². The number of morpholine rings is 2. The molecular weight excluding hydrogens is 980 g/mol. The summed E-state index contributed by atoms with van der Waals surface area (Å²) in [6.07, 6.45) is 3.15. The van der Waals surface area contributed by atoms with Gasteiger partial charge in [-0.15, -0.1) is 0 Å². The summed E-state index contributed by atoms with van der Waals surface area (Å²) in [6, 6.07) is 29.5. The molecule has 2 fully saturated rings. The van der Waals surface area contributed by atoms with E-state index in [-0.39, 0.29) is 22.9 Å². The number of halogens is 1. The topological polar surface area (TPSA) is 301 Å². The Morgan fingerprint density at radius 1 is 0.606 bits per heavy atom. The fourth-order valence-corrected chi connectivity index (χ4v) is 9.83. The lowest BCUT2D eigenvalue weighted by atomic mass is 10.1. The van der Waals surface area contributed by atoms with Gasteiger partial charge in [-0.05, 0) is 58.7 Å². The lowest BCUT2D eigenvalue weighted by Crippen LogP contribution is -2.36. The molecule has 0 spiro atoms. The fourth-order valence-electron chi connectivity index (χ4n) is 7.66. The van der Waals surface area contributed by atoms with Crippen molar-refractivity contribution in [2.24, 2.45) is 0 Å². The molecule has 0 bridgehead atoms. The molecule has 4 aromatic carbocycles. The molecule has 25 heteroatoms. The SMILES string of the molecule is Nc1ccc(-c2cc3c(N4CCOCC4)ncnc3[nH]2)cc1.O=[N+]([O-])c1ccc(CS(=O)(=O)Cl)cc1.O=[N+]([O-])c1ccc(CS(=O)(=O)Nc2ccc(-c3cc4c(N5CCOCC5)ncnc4[nH]3)cc2)cc1. The number of nitrogens with one attached hydrogen (secondary N) is 3. The molecule has 2 saturated heterocycles. The summed E-state index contributed by atoms with van der Waals surface area (Å²) in [4.78, 5) is 48.7. The van der Waals surface area contributed by atoms with Gasteiger partial charge in [0, 0.05) is 83.9 Å². The Bertz CT molecular complexity index is 3370. The van der Waals surface area contributed by atoms with E-state index in [9.17, 15) is 37.1 Å². The van der Waals surface area contributed by atoms with E-state index in [0.717, 1.165) is 101 Å². The minimum Gasteiger partial charge on any atom is -0.399 e. The smallest absolute Gasteiger partial charge is 0.269 e. The third-order valence-corrected chi connectivity index (χ3v) is 13.4. The highest BCUT2D eigenvalue weighted by Gasteiger charge is 2.20. The van der Waals surface area contributed by atoms with Gasteiger partial charge < -0.3 is 35.0 Å². The first-order chi connectivity index (χ1) is 34.1. The van der Waals surface area contributed by atoms with Gasteiger partial charge in [0.05, 0.1) is 58.6 Å². The number of sulfonamides is 1. The number of aromatic nitrogens is 6. The average Bonchev–Trinajstić information content (AvgIpc) is 4.01. The molecule has 22 nitrogen and oxygen atoms in total. The number of ether oxygens (including phenoxy) is 2. The van der Waals surface area contributed by atoms with E-state index in [1.807, 2.05) is 42.5 Å². The van der Waals surface area contributed by atoms with Gasteiger partial charge in [-0.25, -0.2) is 36.8 Å². The second-order valence-corrected chi connectivity index (χ2v) is 20.6. The molecule has 0 atom stereocenters. The van der Waals surface area contributed by atoms with Crippen LogP contribution in [0.4, 0.5) is 34.4 Å². The molecule has 6 heterocycles. The van der Waals surface area contributed by atoms with Gasteiger partial charge >= 0.3 is 0 Å². The molecule has 10 rings (SSSR count). The highest BCUT2D eigenvalue weighted by Crippen LogP contribution is 2.31. The van der Waals surface area contributed by atoms with Crippen molar-refractivity contribution in [1.82, 2.24) is 29.9 Å². The summed E-state index contributed by atoms with van der Waals surface area (Å²) < 4.78 is 59.8. The molecule has 5 N–H and O–H groups in total. The van der Waals surface area contributed by atoms with E-state index in [1.165, 1.54) is 54.9 Å². The number of rotatable bonds is 12. The zero-order chi connectivity index (χ0) is 50.1. The van der Waals surface area contributed by atoms with Crippen LogP contribution in [-0.2, 0) is 40.1 Å². The number of H-pyrrole nitrogens is 2. The van der Waals surface area contributed by atoms with Crippen molar-refractivity contribution >= 4 is 86.2 Å². The zero-order valence-corrected chi connectivity index (χ0v) is 39.9. The lowest BCUT2D eigenvalue weighted by molar-refractivity contribution is -0.385. The van der Waals surface area contributed by atoms with E-state index in [0.29, 0.717) is 30.0 Å². The van der Waals surface area contributed by atoms with Crippen LogP contribution in [0.1, 0.15) is 11.1 Å². The van der Waals surface area contributed by atoms with Gasteiger partial charge in [0.15, 0.2) is 0 Å². The summed E-state index contributed by atoms with van der Waals surface area (Å²) in [5, 5.41) is 23.0. The maximum absolute atomic E-state index is 12.6. The Labute approximate surface area is 410 Å². The van der Waals surface area contributed by atoms with Gasteiger partial charge in [0.2, 0.25) is 19.1 Å². The van der Waals surface area contributed by atoms with Crippen LogP contribution in [0.3, 0.4) is 0 Å². The van der Waals surface area contributed by atoms with Crippen LogP contribution in [0.5, 0.6) is 0 Å². The average molecular weight is 1030 g/mol. The number of nitrogens with zero attached hydrogens (tertiary/aromatic N) is 8. The molecule has 8 aromatic rings. The minimum atomic E-state index is -3.70. The third kappa shape index (κ3) is 13.1. The quantitative estimate of drug-likeness (QED) is 0.0413. The Hall–Kier alpha value is -7.77. The van der Waals surface area contributed by atoms with Gasteiger partial charge in [0.25, 0.3) is 11.4 Å². The summed E-state index contributed by atoms with van der Waals surface area (Å²) in [6.45, 7) is 6.03. The number of benzene rings is 4. The van der Waals surface area contributed by atoms with E-state index < -0.39 is 28.9 Å². The molecule has 71 heavy (non-hydrogen) atoms. The first-order valence-electron chi connectivity index (χ1n) is 21.8. The Kier molecular flexibility index (Phi) is 15.3. The third-order valence-electron chi connectivity index (χ3n) is 11.1. The molecule has 0 amide bonds. The van der Waals surface area contributed by atoms with E-state index in [2.05, 4.69) is 50.5 Å². The first kappa shape index (κ1) is 49.6. The monoisotopic (exact) mass is 1020 g/mol. The first-order valence-corrected chi connectivity index (χ1v) is 25.9. The van der Waals surface area contributed by atoms with Crippen molar-refractivity contribution in [3.63, 3.8) is 0 Å². The Balaban J connectivity index is 0.000000159. The highest BCUT2D eigenvalue weighted by atomic mass is 35.7. The second-order valence-electron chi connectivity index (χ2n) is 16.1.